The molecule has 0 aromatic carbocycles. The molecule has 0 spiro atoms. The van der Waals surface area contributed by atoms with Gasteiger partial charge in [0.25, 0.3) is 0 Å². The van der Waals surface area contributed by atoms with E-state index in [2.05, 4.69) is 6.92 Å². The molecular formula is C22H38F2O2. The van der Waals surface area contributed by atoms with Crippen LogP contribution in [0.5, 0.6) is 0 Å². The van der Waals surface area contributed by atoms with E-state index in [1.807, 2.05) is 6.92 Å². The molecule has 0 amide bonds. The van der Waals surface area contributed by atoms with Crippen LogP contribution in [0.1, 0.15) is 78.1 Å². The van der Waals surface area contributed by atoms with Gasteiger partial charge in [-0.15, -0.1) is 0 Å². The van der Waals surface area contributed by atoms with E-state index in [-0.39, 0.29) is 24.0 Å². The van der Waals surface area contributed by atoms with Gasteiger partial charge in [0.15, 0.2) is 0 Å². The number of hydrogen-bond donors (Lipinski definition) is 0. The summed E-state index contributed by atoms with van der Waals surface area (Å²) >= 11 is 0. The quantitative estimate of drug-likeness (QED) is 0.495. The number of alkyl halides is 2. The Bertz CT molecular complexity index is 419. The van der Waals surface area contributed by atoms with E-state index in [9.17, 15) is 4.39 Å². The van der Waals surface area contributed by atoms with E-state index in [0.29, 0.717) is 25.0 Å². The minimum Gasteiger partial charge on any atom is -0.375 e. The van der Waals surface area contributed by atoms with E-state index in [1.165, 1.54) is 19.3 Å². The number of rotatable bonds is 8. The second-order valence-corrected chi connectivity index (χ2v) is 8.74. The van der Waals surface area contributed by atoms with Crippen molar-refractivity contribution in [2.75, 3.05) is 13.2 Å². The molecule has 0 N–H and O–H groups in total. The zero-order valence-electron chi connectivity index (χ0n) is 16.7. The molecular weight excluding hydrogens is 334 g/mol. The zero-order valence-corrected chi connectivity index (χ0v) is 16.7. The summed E-state index contributed by atoms with van der Waals surface area (Å²) in [6, 6.07) is 0. The van der Waals surface area contributed by atoms with Gasteiger partial charge in [0.05, 0.1) is 12.2 Å². The van der Waals surface area contributed by atoms with Crippen molar-refractivity contribution < 1.29 is 18.3 Å². The Labute approximate surface area is 158 Å². The van der Waals surface area contributed by atoms with Gasteiger partial charge in [0, 0.05) is 13.2 Å². The molecule has 8 atom stereocenters. The number of halogens is 2. The molecule has 3 aliphatic carbocycles. The molecule has 3 rings (SSSR count). The van der Waals surface area contributed by atoms with Gasteiger partial charge in [0.1, 0.15) is 12.3 Å². The SMILES string of the molecule is CCCCCCOC1CCC2C(CCC3C(F)C(OCC)CCC32)C1F. The standard InChI is InChI=1S/C22H38F2O2/c1-3-5-6-7-14-26-20-13-11-16-15-10-12-19(25-4-2)21(23)17(15)8-9-18(16)22(20)24/h15-22H,3-14H2,1-2H3. The first-order chi connectivity index (χ1) is 12.7. The van der Waals surface area contributed by atoms with Crippen molar-refractivity contribution in [3.63, 3.8) is 0 Å². The van der Waals surface area contributed by atoms with Crippen molar-refractivity contribution in [3.05, 3.63) is 0 Å². The van der Waals surface area contributed by atoms with E-state index in [0.717, 1.165) is 44.9 Å². The summed E-state index contributed by atoms with van der Waals surface area (Å²) in [5.74, 6) is 0.871. The fourth-order valence-electron chi connectivity index (χ4n) is 6.01. The molecule has 0 aliphatic heterocycles. The highest BCUT2D eigenvalue weighted by Gasteiger charge is 2.52. The summed E-state index contributed by atoms with van der Waals surface area (Å²) in [5.41, 5.74) is 0. The molecule has 0 heterocycles. The second-order valence-electron chi connectivity index (χ2n) is 8.74. The van der Waals surface area contributed by atoms with Gasteiger partial charge in [0.2, 0.25) is 0 Å². The number of hydrogen-bond acceptors (Lipinski definition) is 2. The van der Waals surface area contributed by atoms with Gasteiger partial charge in [-0.1, -0.05) is 26.2 Å². The highest BCUT2D eigenvalue weighted by molar-refractivity contribution is 5.01. The number of fused-ring (bicyclic) bond motifs is 3. The molecule has 4 heteroatoms. The van der Waals surface area contributed by atoms with Crippen LogP contribution in [0.15, 0.2) is 0 Å². The first-order valence-electron chi connectivity index (χ1n) is 11.2. The first kappa shape index (κ1) is 20.5. The van der Waals surface area contributed by atoms with Crippen LogP contribution >= 0.6 is 0 Å². The molecule has 0 saturated heterocycles. The summed E-state index contributed by atoms with van der Waals surface area (Å²) in [5, 5.41) is 0. The maximum atomic E-state index is 15.2. The fraction of sp³-hybridized carbons (Fsp3) is 1.00. The van der Waals surface area contributed by atoms with Crippen LogP contribution in [0.25, 0.3) is 0 Å². The lowest BCUT2D eigenvalue weighted by atomic mass is 9.56. The third-order valence-electron chi connectivity index (χ3n) is 7.29. The Morgan fingerprint density at radius 1 is 0.654 bits per heavy atom. The molecule has 0 aromatic heterocycles. The predicted molar refractivity (Wildman–Crippen MR) is 101 cm³/mol. The van der Waals surface area contributed by atoms with E-state index in [4.69, 9.17) is 9.47 Å². The number of ether oxygens (including phenoxy) is 2. The molecule has 152 valence electrons. The van der Waals surface area contributed by atoms with Crippen LogP contribution in [0.3, 0.4) is 0 Å². The highest BCUT2D eigenvalue weighted by Crippen LogP contribution is 2.53. The van der Waals surface area contributed by atoms with Crippen LogP contribution < -0.4 is 0 Å². The van der Waals surface area contributed by atoms with Crippen molar-refractivity contribution in [1.82, 2.24) is 0 Å². The van der Waals surface area contributed by atoms with E-state index < -0.39 is 12.3 Å². The van der Waals surface area contributed by atoms with Crippen LogP contribution in [-0.2, 0) is 9.47 Å². The topological polar surface area (TPSA) is 18.5 Å². The van der Waals surface area contributed by atoms with E-state index in [1.54, 1.807) is 0 Å². The number of unbranched alkanes of at least 4 members (excludes halogenated alkanes) is 3. The van der Waals surface area contributed by atoms with Crippen LogP contribution in [0, 0.1) is 23.7 Å². The largest absolute Gasteiger partial charge is 0.375 e. The van der Waals surface area contributed by atoms with Crippen molar-refractivity contribution in [2.24, 2.45) is 23.7 Å². The summed E-state index contributed by atoms with van der Waals surface area (Å²) in [4.78, 5) is 0. The third kappa shape index (κ3) is 4.43. The lowest BCUT2D eigenvalue weighted by Gasteiger charge is -2.52. The highest BCUT2D eigenvalue weighted by atomic mass is 19.1. The van der Waals surface area contributed by atoms with Gasteiger partial charge in [-0.2, -0.15) is 0 Å². The fourth-order valence-corrected chi connectivity index (χ4v) is 6.01. The van der Waals surface area contributed by atoms with Crippen molar-refractivity contribution >= 4 is 0 Å². The van der Waals surface area contributed by atoms with Crippen LogP contribution in [-0.4, -0.2) is 37.8 Å². The molecule has 8 unspecified atom stereocenters. The molecule has 3 saturated carbocycles. The molecule has 26 heavy (non-hydrogen) atoms. The predicted octanol–water partition coefficient (Wildman–Crippen LogP) is 5.88. The Morgan fingerprint density at radius 2 is 1.19 bits per heavy atom. The lowest BCUT2D eigenvalue weighted by molar-refractivity contribution is -0.134. The van der Waals surface area contributed by atoms with Gasteiger partial charge in [-0.3, -0.25) is 0 Å². The van der Waals surface area contributed by atoms with Crippen LogP contribution in [0.4, 0.5) is 8.78 Å². The lowest BCUT2D eigenvalue weighted by Crippen LogP contribution is -2.53. The Morgan fingerprint density at radius 3 is 1.73 bits per heavy atom. The first-order valence-corrected chi connectivity index (χ1v) is 11.2. The maximum Gasteiger partial charge on any atom is 0.129 e. The summed E-state index contributed by atoms with van der Waals surface area (Å²) in [7, 11) is 0. The summed E-state index contributed by atoms with van der Waals surface area (Å²) in [6.45, 7) is 5.41. The monoisotopic (exact) mass is 372 g/mol. The molecule has 0 radical (unpaired) electrons. The maximum absolute atomic E-state index is 15.2. The molecule has 3 aliphatic rings. The molecule has 0 aromatic rings. The average molecular weight is 373 g/mol. The van der Waals surface area contributed by atoms with Gasteiger partial charge < -0.3 is 9.47 Å². The summed E-state index contributed by atoms with van der Waals surface area (Å²) < 4.78 is 41.6. The molecule has 0 bridgehead atoms. The Kier molecular flexibility index (Phi) is 7.75. The van der Waals surface area contributed by atoms with Crippen molar-refractivity contribution in [1.29, 1.82) is 0 Å². The van der Waals surface area contributed by atoms with Crippen LogP contribution in [0.2, 0.25) is 0 Å². The molecule has 3 fully saturated rings. The normalized spacial score (nSPS) is 42.9. The van der Waals surface area contributed by atoms with Crippen molar-refractivity contribution in [2.45, 2.75) is 103 Å². The minimum atomic E-state index is -0.861. The van der Waals surface area contributed by atoms with Gasteiger partial charge in [-0.05, 0) is 75.5 Å². The summed E-state index contributed by atoms with van der Waals surface area (Å²) in [6.07, 6.45) is 7.74. The smallest absolute Gasteiger partial charge is 0.129 e. The molecule has 2 nitrogen and oxygen atoms in total. The third-order valence-corrected chi connectivity index (χ3v) is 7.29. The van der Waals surface area contributed by atoms with Gasteiger partial charge in [-0.25, -0.2) is 8.78 Å². The van der Waals surface area contributed by atoms with Crippen molar-refractivity contribution in [3.8, 4) is 0 Å². The van der Waals surface area contributed by atoms with Gasteiger partial charge >= 0.3 is 0 Å². The second kappa shape index (κ2) is 9.82. The average Bonchev–Trinajstić information content (AvgIpc) is 2.65. The Balaban J connectivity index is 1.52. The van der Waals surface area contributed by atoms with E-state index >= 15 is 4.39 Å². The minimum absolute atomic E-state index is 0.0836. The Hall–Kier alpha value is -0.220. The zero-order chi connectivity index (χ0) is 18.5.